The molecule has 1 aliphatic heterocycles. The van der Waals surface area contributed by atoms with Crippen molar-refractivity contribution < 1.29 is 4.79 Å². The Morgan fingerprint density at radius 3 is 2.48 bits per heavy atom. The molecule has 3 heterocycles. The predicted molar refractivity (Wildman–Crippen MR) is 88.8 cm³/mol. The van der Waals surface area contributed by atoms with Crippen molar-refractivity contribution in [2.75, 3.05) is 26.2 Å². The van der Waals surface area contributed by atoms with Gasteiger partial charge in [-0.05, 0) is 29.3 Å². The van der Waals surface area contributed by atoms with E-state index >= 15 is 0 Å². The molecule has 2 aromatic rings. The lowest BCUT2D eigenvalue weighted by Gasteiger charge is -2.21. The molecule has 1 saturated heterocycles. The smallest absolute Gasteiger partial charge is 0.227 e. The molecule has 0 N–H and O–H groups in total. The number of rotatable bonds is 4. The first-order valence-electron chi connectivity index (χ1n) is 7.36. The molecular formula is C16H20N2OS2. The average Bonchev–Trinajstić information content (AvgIpc) is 3.11. The van der Waals surface area contributed by atoms with Gasteiger partial charge in [0.2, 0.25) is 5.91 Å². The third-order valence-electron chi connectivity index (χ3n) is 3.81. The minimum Gasteiger partial charge on any atom is -0.341 e. The Balaban J connectivity index is 1.51. The van der Waals surface area contributed by atoms with Gasteiger partial charge < -0.3 is 4.90 Å². The van der Waals surface area contributed by atoms with E-state index in [0.29, 0.717) is 6.42 Å². The van der Waals surface area contributed by atoms with Gasteiger partial charge in [-0.2, -0.15) is 0 Å². The molecule has 21 heavy (non-hydrogen) atoms. The number of amides is 1. The third-order valence-corrected chi connectivity index (χ3v) is 5.54. The number of thiophene rings is 2. The highest BCUT2D eigenvalue weighted by atomic mass is 32.1. The first-order valence-corrected chi connectivity index (χ1v) is 9.12. The van der Waals surface area contributed by atoms with Crippen molar-refractivity contribution in [2.45, 2.75) is 19.4 Å². The lowest BCUT2D eigenvalue weighted by atomic mass is 10.3. The van der Waals surface area contributed by atoms with Gasteiger partial charge in [0.1, 0.15) is 0 Å². The van der Waals surface area contributed by atoms with Gasteiger partial charge in [0.05, 0.1) is 6.42 Å². The molecule has 0 aromatic carbocycles. The highest BCUT2D eigenvalue weighted by molar-refractivity contribution is 7.10. The molecule has 0 spiro atoms. The highest BCUT2D eigenvalue weighted by Crippen LogP contribution is 2.15. The minimum atomic E-state index is 0.274. The van der Waals surface area contributed by atoms with Crippen molar-refractivity contribution in [3.05, 3.63) is 44.8 Å². The molecule has 3 rings (SSSR count). The lowest BCUT2D eigenvalue weighted by Crippen LogP contribution is -2.35. The number of nitrogens with zero attached hydrogens (tertiary/aromatic N) is 2. The van der Waals surface area contributed by atoms with E-state index in [1.165, 1.54) is 9.75 Å². The van der Waals surface area contributed by atoms with Gasteiger partial charge in [-0.1, -0.05) is 12.1 Å². The molecular weight excluding hydrogens is 300 g/mol. The van der Waals surface area contributed by atoms with Crippen molar-refractivity contribution in [1.29, 1.82) is 0 Å². The van der Waals surface area contributed by atoms with Gasteiger partial charge in [-0.25, -0.2) is 0 Å². The van der Waals surface area contributed by atoms with E-state index in [0.717, 1.165) is 39.1 Å². The van der Waals surface area contributed by atoms with E-state index in [2.05, 4.69) is 22.4 Å². The molecule has 112 valence electrons. The van der Waals surface area contributed by atoms with E-state index in [-0.39, 0.29) is 5.91 Å². The van der Waals surface area contributed by atoms with Crippen molar-refractivity contribution in [1.82, 2.24) is 9.80 Å². The van der Waals surface area contributed by atoms with Crippen LogP contribution in [-0.4, -0.2) is 41.9 Å². The molecule has 5 heteroatoms. The Morgan fingerprint density at radius 1 is 1.00 bits per heavy atom. The maximum Gasteiger partial charge on any atom is 0.227 e. The van der Waals surface area contributed by atoms with Crippen LogP contribution in [0.4, 0.5) is 0 Å². The fourth-order valence-electron chi connectivity index (χ4n) is 2.68. The van der Waals surface area contributed by atoms with E-state index in [9.17, 15) is 4.79 Å². The summed E-state index contributed by atoms with van der Waals surface area (Å²) < 4.78 is 0. The summed E-state index contributed by atoms with van der Waals surface area (Å²) in [5, 5.41) is 4.16. The summed E-state index contributed by atoms with van der Waals surface area (Å²) in [5.41, 5.74) is 0. The monoisotopic (exact) mass is 320 g/mol. The summed E-state index contributed by atoms with van der Waals surface area (Å²) in [6.45, 7) is 4.83. The summed E-state index contributed by atoms with van der Waals surface area (Å²) in [5.74, 6) is 0.274. The van der Waals surface area contributed by atoms with Crippen LogP contribution in [0, 0.1) is 0 Å². The second-order valence-corrected chi connectivity index (χ2v) is 7.41. The third kappa shape index (κ3) is 4.15. The summed E-state index contributed by atoms with van der Waals surface area (Å²) in [7, 11) is 0. The molecule has 0 saturated carbocycles. The zero-order valence-electron chi connectivity index (χ0n) is 12.0. The molecule has 0 unspecified atom stereocenters. The van der Waals surface area contributed by atoms with E-state index in [1.807, 2.05) is 33.7 Å². The topological polar surface area (TPSA) is 23.6 Å². The molecule has 1 fully saturated rings. The van der Waals surface area contributed by atoms with Crippen LogP contribution in [0.1, 0.15) is 16.2 Å². The zero-order chi connectivity index (χ0) is 14.5. The maximum absolute atomic E-state index is 12.4. The fraction of sp³-hybridized carbons (Fsp3) is 0.438. The SMILES string of the molecule is O=C(Cc1cccs1)N1CCCN(Cc2cccs2)CC1. The molecule has 2 aromatic heterocycles. The minimum absolute atomic E-state index is 0.274. The van der Waals surface area contributed by atoms with E-state index in [1.54, 1.807) is 11.3 Å². The van der Waals surface area contributed by atoms with Gasteiger partial charge in [-0.15, -0.1) is 22.7 Å². The Morgan fingerprint density at radius 2 is 1.76 bits per heavy atom. The number of carbonyl (C=O) groups is 1. The molecule has 0 aliphatic carbocycles. The Hall–Kier alpha value is -1.17. The molecule has 0 radical (unpaired) electrons. The Kier molecular flexibility index (Phi) is 5.06. The largest absolute Gasteiger partial charge is 0.341 e. The Labute approximate surface area is 133 Å². The van der Waals surface area contributed by atoms with Gasteiger partial charge >= 0.3 is 0 Å². The summed E-state index contributed by atoms with van der Waals surface area (Å²) in [6.07, 6.45) is 1.63. The van der Waals surface area contributed by atoms with Crippen LogP contribution in [0.25, 0.3) is 0 Å². The van der Waals surface area contributed by atoms with Crippen LogP contribution in [0.2, 0.25) is 0 Å². The zero-order valence-corrected chi connectivity index (χ0v) is 13.7. The van der Waals surface area contributed by atoms with Crippen LogP contribution < -0.4 is 0 Å². The first-order chi connectivity index (χ1) is 10.3. The van der Waals surface area contributed by atoms with Crippen LogP contribution in [0.5, 0.6) is 0 Å². The van der Waals surface area contributed by atoms with E-state index in [4.69, 9.17) is 0 Å². The Bertz CT molecular complexity index is 551. The molecule has 1 aliphatic rings. The fourth-order valence-corrected chi connectivity index (χ4v) is 4.12. The standard InChI is InChI=1S/C16H20N2OS2/c19-16(12-14-4-1-10-20-14)18-7-3-6-17(8-9-18)13-15-5-2-11-21-15/h1-2,4-5,10-11H,3,6-9,12-13H2. The first kappa shape index (κ1) is 14.8. The second kappa shape index (κ2) is 7.20. The van der Waals surface area contributed by atoms with Crippen molar-refractivity contribution in [3.63, 3.8) is 0 Å². The molecule has 1 amide bonds. The molecule has 0 atom stereocenters. The second-order valence-electron chi connectivity index (χ2n) is 5.35. The summed E-state index contributed by atoms with van der Waals surface area (Å²) >= 11 is 3.48. The highest BCUT2D eigenvalue weighted by Gasteiger charge is 2.19. The number of carbonyl (C=O) groups excluding carboxylic acids is 1. The molecule has 3 nitrogen and oxygen atoms in total. The number of hydrogen-bond acceptors (Lipinski definition) is 4. The van der Waals surface area contributed by atoms with Gasteiger partial charge in [0, 0.05) is 42.5 Å². The van der Waals surface area contributed by atoms with Gasteiger partial charge in [-0.3, -0.25) is 9.69 Å². The van der Waals surface area contributed by atoms with Crippen molar-refractivity contribution in [2.24, 2.45) is 0 Å². The maximum atomic E-state index is 12.4. The van der Waals surface area contributed by atoms with Gasteiger partial charge in [0.15, 0.2) is 0 Å². The number of hydrogen-bond donors (Lipinski definition) is 0. The van der Waals surface area contributed by atoms with Crippen molar-refractivity contribution >= 4 is 28.6 Å². The molecule has 0 bridgehead atoms. The summed E-state index contributed by atoms with van der Waals surface area (Å²) in [4.78, 5) is 19.4. The quantitative estimate of drug-likeness (QED) is 0.864. The van der Waals surface area contributed by atoms with Gasteiger partial charge in [0.25, 0.3) is 0 Å². The lowest BCUT2D eigenvalue weighted by molar-refractivity contribution is -0.130. The van der Waals surface area contributed by atoms with Crippen molar-refractivity contribution in [3.8, 4) is 0 Å². The van der Waals surface area contributed by atoms with E-state index < -0.39 is 0 Å². The van der Waals surface area contributed by atoms with Crippen LogP contribution >= 0.6 is 22.7 Å². The summed E-state index contributed by atoms with van der Waals surface area (Å²) in [6, 6.07) is 8.35. The predicted octanol–water partition coefficient (Wildman–Crippen LogP) is 3.09. The van der Waals surface area contributed by atoms with Crippen LogP contribution in [-0.2, 0) is 17.8 Å². The van der Waals surface area contributed by atoms with Crippen LogP contribution in [0.15, 0.2) is 35.0 Å². The average molecular weight is 320 g/mol. The van der Waals surface area contributed by atoms with Crippen LogP contribution in [0.3, 0.4) is 0 Å². The normalized spacial score (nSPS) is 16.9.